The first-order valence-electron chi connectivity index (χ1n) is 3.62. The van der Waals surface area contributed by atoms with Crippen molar-refractivity contribution < 1.29 is 0 Å². The second-order valence-corrected chi connectivity index (χ2v) is 3.12. The van der Waals surface area contributed by atoms with Crippen LogP contribution in [0.25, 0.3) is 0 Å². The number of hydrogen-bond donors (Lipinski definition) is 0. The van der Waals surface area contributed by atoms with E-state index < -0.39 is 0 Å². The molecule has 0 bridgehead atoms. The van der Waals surface area contributed by atoms with Gasteiger partial charge in [-0.25, -0.2) is 0 Å². The molecule has 0 aromatic rings. The van der Waals surface area contributed by atoms with E-state index in [1.165, 1.54) is 0 Å². The van der Waals surface area contributed by atoms with E-state index >= 15 is 0 Å². The molecule has 0 radical (unpaired) electrons. The van der Waals surface area contributed by atoms with Crippen LogP contribution >= 0.6 is 0 Å². The standard InChI is InChI=1S/C9H11N/c1-8(2)3-4-9(7-10)5-6-9/h8H,5-6H2,1-2H3. The minimum atomic E-state index is -0.232. The van der Waals surface area contributed by atoms with E-state index in [1.54, 1.807) is 0 Å². The molecule has 1 nitrogen and oxygen atoms in total. The van der Waals surface area contributed by atoms with Crippen LogP contribution in [0.4, 0.5) is 0 Å². The van der Waals surface area contributed by atoms with Crippen molar-refractivity contribution in [2.45, 2.75) is 26.7 Å². The topological polar surface area (TPSA) is 23.8 Å². The Hall–Kier alpha value is -0.950. The third kappa shape index (κ3) is 1.52. The molecule has 0 N–H and O–H groups in total. The van der Waals surface area contributed by atoms with Crippen LogP contribution in [0, 0.1) is 34.5 Å². The van der Waals surface area contributed by atoms with Gasteiger partial charge in [-0.1, -0.05) is 25.7 Å². The molecule has 1 rings (SSSR count). The molecule has 10 heavy (non-hydrogen) atoms. The molecule has 0 atom stereocenters. The highest BCUT2D eigenvalue weighted by Crippen LogP contribution is 2.44. The first-order valence-corrected chi connectivity index (χ1v) is 3.62. The first-order chi connectivity index (χ1) is 4.68. The normalized spacial score (nSPS) is 19.0. The van der Waals surface area contributed by atoms with E-state index in [2.05, 4.69) is 17.9 Å². The van der Waals surface area contributed by atoms with Crippen molar-refractivity contribution in [1.29, 1.82) is 5.26 Å². The number of nitriles is 1. The summed E-state index contributed by atoms with van der Waals surface area (Å²) in [5.41, 5.74) is -0.232. The van der Waals surface area contributed by atoms with Crippen LogP contribution in [0.5, 0.6) is 0 Å². The summed E-state index contributed by atoms with van der Waals surface area (Å²) < 4.78 is 0. The van der Waals surface area contributed by atoms with Crippen molar-refractivity contribution in [2.24, 2.45) is 11.3 Å². The van der Waals surface area contributed by atoms with E-state index in [-0.39, 0.29) is 5.41 Å². The van der Waals surface area contributed by atoms with Gasteiger partial charge in [0, 0.05) is 5.92 Å². The van der Waals surface area contributed by atoms with E-state index in [4.69, 9.17) is 5.26 Å². The first kappa shape index (κ1) is 7.16. The Morgan fingerprint density at radius 2 is 2.00 bits per heavy atom. The second kappa shape index (κ2) is 2.35. The largest absolute Gasteiger partial charge is 0.197 e. The average Bonchev–Trinajstić information content (AvgIpc) is 2.64. The Balaban J connectivity index is 2.56. The predicted octanol–water partition coefficient (Wildman–Crippen LogP) is 1.95. The molecule has 1 aliphatic rings. The molecule has 0 unspecified atom stereocenters. The van der Waals surface area contributed by atoms with E-state index in [0.29, 0.717) is 5.92 Å². The van der Waals surface area contributed by atoms with Crippen molar-refractivity contribution in [3.05, 3.63) is 0 Å². The van der Waals surface area contributed by atoms with Gasteiger partial charge in [-0.15, -0.1) is 0 Å². The Kier molecular flexibility index (Phi) is 1.68. The molecule has 1 fully saturated rings. The lowest BCUT2D eigenvalue weighted by Crippen LogP contribution is -1.90. The molecule has 1 saturated carbocycles. The highest BCUT2D eigenvalue weighted by Gasteiger charge is 2.41. The maximum Gasteiger partial charge on any atom is 0.118 e. The van der Waals surface area contributed by atoms with Crippen molar-refractivity contribution in [3.8, 4) is 17.9 Å². The molecule has 0 aromatic carbocycles. The van der Waals surface area contributed by atoms with Gasteiger partial charge in [-0.2, -0.15) is 5.26 Å². The van der Waals surface area contributed by atoms with Gasteiger partial charge in [0.2, 0.25) is 0 Å². The zero-order valence-electron chi connectivity index (χ0n) is 6.44. The lowest BCUT2D eigenvalue weighted by atomic mass is 10.1. The molecule has 0 saturated heterocycles. The molecule has 1 aliphatic carbocycles. The van der Waals surface area contributed by atoms with Gasteiger partial charge in [-0.05, 0) is 12.8 Å². The fourth-order valence-corrected chi connectivity index (χ4v) is 0.672. The number of rotatable bonds is 0. The van der Waals surface area contributed by atoms with Gasteiger partial charge in [0.05, 0.1) is 6.07 Å². The van der Waals surface area contributed by atoms with Crippen LogP contribution < -0.4 is 0 Å². The van der Waals surface area contributed by atoms with Gasteiger partial charge in [-0.3, -0.25) is 0 Å². The van der Waals surface area contributed by atoms with E-state index in [9.17, 15) is 0 Å². The Labute approximate surface area is 62.0 Å². The highest BCUT2D eigenvalue weighted by molar-refractivity contribution is 5.29. The smallest absolute Gasteiger partial charge is 0.118 e. The Bertz CT molecular complexity index is 217. The van der Waals surface area contributed by atoms with Gasteiger partial charge < -0.3 is 0 Å². The second-order valence-electron chi connectivity index (χ2n) is 3.12. The fraction of sp³-hybridized carbons (Fsp3) is 0.667. The summed E-state index contributed by atoms with van der Waals surface area (Å²) >= 11 is 0. The highest BCUT2D eigenvalue weighted by atomic mass is 14.4. The van der Waals surface area contributed by atoms with Gasteiger partial charge >= 0.3 is 0 Å². The van der Waals surface area contributed by atoms with E-state index in [1.807, 2.05) is 13.8 Å². The van der Waals surface area contributed by atoms with Crippen LogP contribution in [-0.4, -0.2) is 0 Å². The number of hydrogen-bond acceptors (Lipinski definition) is 1. The van der Waals surface area contributed by atoms with Gasteiger partial charge in [0.25, 0.3) is 0 Å². The predicted molar refractivity (Wildman–Crippen MR) is 39.9 cm³/mol. The molecular weight excluding hydrogens is 122 g/mol. The maximum absolute atomic E-state index is 8.62. The quantitative estimate of drug-likeness (QED) is 0.463. The molecule has 52 valence electrons. The minimum Gasteiger partial charge on any atom is -0.197 e. The molecule has 0 heterocycles. The van der Waals surface area contributed by atoms with Gasteiger partial charge in [0.1, 0.15) is 5.41 Å². The Morgan fingerprint density at radius 3 is 2.30 bits per heavy atom. The van der Waals surface area contributed by atoms with Crippen LogP contribution in [-0.2, 0) is 0 Å². The van der Waals surface area contributed by atoms with Crippen LogP contribution in [0.3, 0.4) is 0 Å². The van der Waals surface area contributed by atoms with Crippen molar-refractivity contribution in [1.82, 2.24) is 0 Å². The summed E-state index contributed by atoms with van der Waals surface area (Å²) in [6.07, 6.45) is 1.95. The zero-order chi connectivity index (χ0) is 7.61. The van der Waals surface area contributed by atoms with Crippen LogP contribution in [0.15, 0.2) is 0 Å². The summed E-state index contributed by atoms with van der Waals surface area (Å²) in [5, 5.41) is 8.62. The lowest BCUT2D eigenvalue weighted by Gasteiger charge is -1.91. The average molecular weight is 133 g/mol. The number of nitrogens with zero attached hydrogens (tertiary/aromatic N) is 1. The summed E-state index contributed by atoms with van der Waals surface area (Å²) in [4.78, 5) is 0. The van der Waals surface area contributed by atoms with Crippen LogP contribution in [0.1, 0.15) is 26.7 Å². The Morgan fingerprint density at radius 1 is 1.40 bits per heavy atom. The minimum absolute atomic E-state index is 0.232. The van der Waals surface area contributed by atoms with Crippen molar-refractivity contribution >= 4 is 0 Å². The summed E-state index contributed by atoms with van der Waals surface area (Å²) in [6.45, 7) is 4.08. The molecule has 1 heteroatoms. The molecule has 0 amide bonds. The SMILES string of the molecule is CC(C)C#CC1(C#N)CC1. The third-order valence-corrected chi connectivity index (χ3v) is 1.56. The summed E-state index contributed by atoms with van der Waals surface area (Å²) in [5.74, 6) is 6.43. The fourth-order valence-electron chi connectivity index (χ4n) is 0.672. The van der Waals surface area contributed by atoms with Crippen molar-refractivity contribution in [2.75, 3.05) is 0 Å². The van der Waals surface area contributed by atoms with E-state index in [0.717, 1.165) is 12.8 Å². The molecule has 0 aliphatic heterocycles. The maximum atomic E-state index is 8.62. The third-order valence-electron chi connectivity index (χ3n) is 1.56. The lowest BCUT2D eigenvalue weighted by molar-refractivity contribution is 0.848. The summed E-state index contributed by atoms with van der Waals surface area (Å²) in [6, 6.07) is 2.23. The molecular formula is C9H11N. The van der Waals surface area contributed by atoms with Crippen LogP contribution in [0.2, 0.25) is 0 Å². The molecule has 0 spiro atoms. The monoisotopic (exact) mass is 133 g/mol. The van der Waals surface area contributed by atoms with Crippen molar-refractivity contribution in [3.63, 3.8) is 0 Å². The molecule has 0 aromatic heterocycles. The summed E-state index contributed by atoms with van der Waals surface area (Å²) in [7, 11) is 0. The van der Waals surface area contributed by atoms with Gasteiger partial charge in [0.15, 0.2) is 0 Å². The zero-order valence-corrected chi connectivity index (χ0v) is 6.44.